The lowest BCUT2D eigenvalue weighted by atomic mass is 9.83. The standard InChI is InChI=1S/C33H26N4O/c1-6-16-26(17-7-1)31-36(29-22-12-4-13-23-29)32(27-18-8-2-9-19-27)33(38-31,28-20-10-3-11-21-28)35-37(34-32)30-24-14-5-15-25-30/h1-25,31H/t31-,32-,33+/m0/s1. The van der Waals surface area contributed by atoms with E-state index in [2.05, 4.69) is 77.7 Å². The van der Waals surface area contributed by atoms with Gasteiger partial charge in [0.1, 0.15) is 0 Å². The van der Waals surface area contributed by atoms with Crippen LogP contribution in [0.25, 0.3) is 5.43 Å². The number of ether oxygens (including phenoxy) is 1. The maximum absolute atomic E-state index is 7.25. The number of benzene rings is 5. The second-order valence-electron chi connectivity index (χ2n) is 9.46. The highest BCUT2D eigenvalue weighted by atomic mass is 16.6. The number of rotatable bonds is 5. The Morgan fingerprint density at radius 1 is 0.605 bits per heavy atom. The Bertz CT molecular complexity index is 1560. The van der Waals surface area contributed by atoms with Gasteiger partial charge in [0.2, 0.25) is 5.69 Å². The smallest absolute Gasteiger partial charge is 0.225 e. The van der Waals surface area contributed by atoms with Crippen molar-refractivity contribution < 1.29 is 9.54 Å². The molecule has 2 heterocycles. The van der Waals surface area contributed by atoms with Gasteiger partial charge in [-0.1, -0.05) is 127 Å². The van der Waals surface area contributed by atoms with E-state index in [1.807, 2.05) is 78.9 Å². The van der Waals surface area contributed by atoms with Crippen LogP contribution in [-0.2, 0) is 16.1 Å². The summed E-state index contributed by atoms with van der Waals surface area (Å²) in [6, 6.07) is 51.4. The van der Waals surface area contributed by atoms with E-state index in [-0.39, 0.29) is 0 Å². The molecule has 5 heteroatoms. The Balaban J connectivity index is 1.57. The van der Waals surface area contributed by atoms with Crippen LogP contribution in [0.4, 0.5) is 11.4 Å². The molecule has 0 unspecified atom stereocenters. The zero-order valence-electron chi connectivity index (χ0n) is 20.7. The van der Waals surface area contributed by atoms with Crippen LogP contribution < -0.4 is 4.90 Å². The van der Waals surface area contributed by atoms with E-state index in [9.17, 15) is 0 Å². The first kappa shape index (κ1) is 22.5. The van der Waals surface area contributed by atoms with Crippen molar-refractivity contribution in [1.29, 1.82) is 0 Å². The molecule has 2 aliphatic rings. The summed E-state index contributed by atoms with van der Waals surface area (Å²) in [5, 5.41) is 5.32. The number of fused-ring (bicyclic) bond motifs is 1. The predicted molar refractivity (Wildman–Crippen MR) is 148 cm³/mol. The van der Waals surface area contributed by atoms with E-state index in [4.69, 9.17) is 15.3 Å². The fraction of sp³-hybridized carbons (Fsp3) is 0.0909. The summed E-state index contributed by atoms with van der Waals surface area (Å²) < 4.78 is 7.25. The summed E-state index contributed by atoms with van der Waals surface area (Å²) in [5.74, 6) is 0. The van der Waals surface area contributed by atoms with Crippen molar-refractivity contribution in [2.75, 3.05) is 4.90 Å². The second kappa shape index (κ2) is 8.98. The SMILES string of the molecule is c1ccc([C@@H]2O[C@@]3(c4ccccc4)N=[N+](c4ccccc4)[N-][C@@]3(c3ccccc3)N2c2ccccc2)cc1. The third-order valence-electron chi connectivity index (χ3n) is 7.26. The van der Waals surface area contributed by atoms with Gasteiger partial charge in [-0.15, -0.1) is 4.81 Å². The molecule has 38 heavy (non-hydrogen) atoms. The molecule has 0 bridgehead atoms. The highest BCUT2D eigenvalue weighted by molar-refractivity contribution is 5.60. The molecule has 0 aromatic heterocycles. The van der Waals surface area contributed by atoms with Crippen LogP contribution in [0, 0.1) is 0 Å². The molecule has 3 atom stereocenters. The average Bonchev–Trinajstić information content (AvgIpc) is 3.50. The van der Waals surface area contributed by atoms with Crippen LogP contribution in [0.15, 0.2) is 157 Å². The van der Waals surface area contributed by atoms with Crippen molar-refractivity contribution in [3.8, 4) is 0 Å². The zero-order valence-corrected chi connectivity index (χ0v) is 20.7. The minimum atomic E-state index is -1.16. The van der Waals surface area contributed by atoms with Gasteiger partial charge < -0.3 is 9.64 Å². The van der Waals surface area contributed by atoms with Crippen molar-refractivity contribution in [3.63, 3.8) is 0 Å². The molecule has 7 rings (SSSR count). The number of anilines is 1. The van der Waals surface area contributed by atoms with E-state index in [1.165, 1.54) is 0 Å². The summed E-state index contributed by atoms with van der Waals surface area (Å²) in [4.78, 5) is 4.04. The van der Waals surface area contributed by atoms with Crippen LogP contribution in [-0.4, -0.2) is 4.81 Å². The Hall–Kier alpha value is -4.74. The average molecular weight is 495 g/mol. The summed E-state index contributed by atoms with van der Waals surface area (Å²) in [5.41, 5.74) is 8.11. The van der Waals surface area contributed by atoms with Gasteiger partial charge >= 0.3 is 0 Å². The van der Waals surface area contributed by atoms with Gasteiger partial charge in [-0.25, -0.2) is 0 Å². The molecule has 184 valence electrons. The first-order valence-corrected chi connectivity index (χ1v) is 12.8. The van der Waals surface area contributed by atoms with Crippen molar-refractivity contribution in [2.24, 2.45) is 5.11 Å². The highest BCUT2D eigenvalue weighted by Crippen LogP contribution is 2.66. The fourth-order valence-electron chi connectivity index (χ4n) is 5.61. The summed E-state index contributed by atoms with van der Waals surface area (Å²) in [7, 11) is 0. The summed E-state index contributed by atoms with van der Waals surface area (Å²) in [6.45, 7) is 0. The van der Waals surface area contributed by atoms with E-state index >= 15 is 0 Å². The lowest BCUT2D eigenvalue weighted by Gasteiger charge is -2.44. The molecule has 0 aliphatic carbocycles. The van der Waals surface area contributed by atoms with Crippen LogP contribution in [0.5, 0.6) is 0 Å². The van der Waals surface area contributed by atoms with Crippen LogP contribution >= 0.6 is 0 Å². The number of hydrogen-bond donors (Lipinski definition) is 0. The van der Waals surface area contributed by atoms with E-state index in [0.717, 1.165) is 28.1 Å². The fourth-order valence-corrected chi connectivity index (χ4v) is 5.61. The molecule has 0 N–H and O–H groups in total. The van der Waals surface area contributed by atoms with E-state index < -0.39 is 17.6 Å². The van der Waals surface area contributed by atoms with Gasteiger partial charge in [0.25, 0.3) is 0 Å². The third kappa shape index (κ3) is 3.29. The Kier molecular flexibility index (Phi) is 5.31. The maximum atomic E-state index is 7.25. The highest BCUT2D eigenvalue weighted by Gasteiger charge is 2.68. The van der Waals surface area contributed by atoms with Gasteiger partial charge in [0, 0.05) is 23.4 Å². The molecule has 0 amide bonds. The first-order valence-electron chi connectivity index (χ1n) is 12.8. The minimum Gasteiger partial charge on any atom is -0.335 e. The number of nitrogens with zero attached hydrogens (tertiary/aromatic N) is 4. The first-order chi connectivity index (χ1) is 18.8. The molecule has 0 radical (unpaired) electrons. The molecule has 2 aliphatic heterocycles. The number of para-hydroxylation sites is 2. The zero-order chi connectivity index (χ0) is 25.4. The topological polar surface area (TPSA) is 41.9 Å². The quantitative estimate of drug-likeness (QED) is 0.232. The van der Waals surface area contributed by atoms with Crippen molar-refractivity contribution in [2.45, 2.75) is 17.6 Å². The van der Waals surface area contributed by atoms with E-state index in [1.54, 1.807) is 4.81 Å². The van der Waals surface area contributed by atoms with Crippen molar-refractivity contribution in [1.82, 2.24) is 0 Å². The predicted octanol–water partition coefficient (Wildman–Crippen LogP) is 8.03. The van der Waals surface area contributed by atoms with Crippen LogP contribution in [0.1, 0.15) is 22.9 Å². The Morgan fingerprint density at radius 3 is 1.71 bits per heavy atom. The van der Waals surface area contributed by atoms with Gasteiger partial charge in [0.15, 0.2) is 17.6 Å². The molecule has 1 saturated heterocycles. The van der Waals surface area contributed by atoms with Gasteiger partial charge in [0.05, 0.1) is 0 Å². The van der Waals surface area contributed by atoms with Gasteiger partial charge in [-0.3, -0.25) is 0 Å². The normalized spacial score (nSPS) is 23.9. The largest absolute Gasteiger partial charge is 0.335 e. The molecule has 1 fully saturated rings. The molecule has 0 spiro atoms. The molecular weight excluding hydrogens is 468 g/mol. The lowest BCUT2D eigenvalue weighted by Crippen LogP contribution is -2.50. The van der Waals surface area contributed by atoms with Crippen LogP contribution in [0.2, 0.25) is 0 Å². The van der Waals surface area contributed by atoms with Gasteiger partial charge in [-0.05, 0) is 23.3 Å². The Morgan fingerprint density at radius 2 is 1.11 bits per heavy atom. The number of hydrogen-bond acceptors (Lipinski definition) is 3. The second-order valence-corrected chi connectivity index (χ2v) is 9.46. The summed E-state index contributed by atoms with van der Waals surface area (Å²) >= 11 is 0. The lowest BCUT2D eigenvalue weighted by molar-refractivity contribution is -0.462. The molecule has 0 saturated carbocycles. The van der Waals surface area contributed by atoms with Crippen molar-refractivity contribution >= 4 is 11.4 Å². The molecule has 5 aromatic rings. The Labute approximate surface area is 222 Å². The number of azo groups is 1. The minimum absolute atomic E-state index is 0.440. The maximum Gasteiger partial charge on any atom is 0.225 e. The van der Waals surface area contributed by atoms with Crippen LogP contribution in [0.3, 0.4) is 0 Å². The van der Waals surface area contributed by atoms with Crippen molar-refractivity contribution in [3.05, 3.63) is 174 Å². The summed E-state index contributed by atoms with van der Waals surface area (Å²) in [6.07, 6.45) is -0.440. The molecule has 5 nitrogen and oxygen atoms in total. The van der Waals surface area contributed by atoms with Gasteiger partial charge in [-0.2, -0.15) is 10.5 Å². The molecule has 5 aromatic carbocycles. The van der Waals surface area contributed by atoms with E-state index in [0.29, 0.717) is 0 Å². The monoisotopic (exact) mass is 494 g/mol. The third-order valence-corrected chi connectivity index (χ3v) is 7.26. The molecular formula is C33H26N4O.